The molecule has 15 heavy (non-hydrogen) atoms. The Morgan fingerprint density at radius 1 is 1.53 bits per heavy atom. The lowest BCUT2D eigenvalue weighted by atomic mass is 10.2. The summed E-state index contributed by atoms with van der Waals surface area (Å²) in [7, 11) is 0. The third kappa shape index (κ3) is 4.73. The van der Waals surface area contributed by atoms with E-state index in [0.29, 0.717) is 6.54 Å². The second kappa shape index (κ2) is 6.93. The lowest BCUT2D eigenvalue weighted by Crippen LogP contribution is -2.25. The summed E-state index contributed by atoms with van der Waals surface area (Å²) in [5.41, 5.74) is 0. The number of rotatable bonds is 7. The average molecular weight is 228 g/mol. The molecule has 1 aromatic rings. The number of nitrogens with one attached hydrogen (secondary N) is 1. The van der Waals surface area contributed by atoms with Gasteiger partial charge in [-0.15, -0.1) is 11.3 Å². The van der Waals surface area contributed by atoms with Gasteiger partial charge < -0.3 is 10.4 Å². The zero-order valence-electron chi connectivity index (χ0n) is 9.49. The van der Waals surface area contributed by atoms with Crippen molar-refractivity contribution in [3.8, 4) is 0 Å². The lowest BCUT2D eigenvalue weighted by Gasteiger charge is -2.09. The number of nitrogens with zero attached hydrogens (tertiary/aromatic N) is 1. The SMILES string of the molecule is CCCC(O)CNCc1cnc(CC)s1. The third-order valence-electron chi connectivity index (χ3n) is 2.20. The summed E-state index contributed by atoms with van der Waals surface area (Å²) in [6, 6.07) is 0. The lowest BCUT2D eigenvalue weighted by molar-refractivity contribution is 0.160. The van der Waals surface area contributed by atoms with E-state index in [9.17, 15) is 5.11 Å². The molecule has 1 atom stereocenters. The van der Waals surface area contributed by atoms with Crippen LogP contribution in [0.15, 0.2) is 6.20 Å². The van der Waals surface area contributed by atoms with Crippen LogP contribution in [-0.4, -0.2) is 22.7 Å². The van der Waals surface area contributed by atoms with Crippen molar-refractivity contribution >= 4 is 11.3 Å². The Balaban J connectivity index is 2.19. The first-order valence-electron chi connectivity index (χ1n) is 5.58. The topological polar surface area (TPSA) is 45.1 Å². The molecule has 1 aromatic heterocycles. The second-order valence-electron chi connectivity index (χ2n) is 3.65. The molecule has 0 radical (unpaired) electrons. The van der Waals surface area contributed by atoms with Crippen LogP contribution in [0.3, 0.4) is 0 Å². The molecular formula is C11H20N2OS. The predicted octanol–water partition coefficient (Wildman–Crippen LogP) is 1.96. The fourth-order valence-electron chi connectivity index (χ4n) is 1.39. The first-order valence-corrected chi connectivity index (χ1v) is 6.40. The summed E-state index contributed by atoms with van der Waals surface area (Å²) in [6.07, 6.45) is 4.61. The Kier molecular flexibility index (Phi) is 5.83. The normalized spacial score (nSPS) is 13.0. The maximum Gasteiger partial charge on any atom is 0.0925 e. The number of thiazole rings is 1. The van der Waals surface area contributed by atoms with Crippen molar-refractivity contribution in [2.75, 3.05) is 6.54 Å². The minimum absolute atomic E-state index is 0.214. The Hall–Kier alpha value is -0.450. The van der Waals surface area contributed by atoms with Crippen LogP contribution >= 0.6 is 11.3 Å². The van der Waals surface area contributed by atoms with Crippen LogP contribution in [0.2, 0.25) is 0 Å². The number of hydrogen-bond donors (Lipinski definition) is 2. The fraction of sp³-hybridized carbons (Fsp3) is 0.727. The van der Waals surface area contributed by atoms with Crippen molar-refractivity contribution in [3.63, 3.8) is 0 Å². The zero-order valence-corrected chi connectivity index (χ0v) is 10.3. The van der Waals surface area contributed by atoms with E-state index in [1.54, 1.807) is 11.3 Å². The second-order valence-corrected chi connectivity index (χ2v) is 4.85. The van der Waals surface area contributed by atoms with Crippen LogP contribution in [-0.2, 0) is 13.0 Å². The van der Waals surface area contributed by atoms with Crippen molar-refractivity contribution in [1.29, 1.82) is 0 Å². The summed E-state index contributed by atoms with van der Waals surface area (Å²) in [4.78, 5) is 5.53. The minimum Gasteiger partial charge on any atom is -0.392 e. The maximum absolute atomic E-state index is 9.50. The smallest absolute Gasteiger partial charge is 0.0925 e. The molecular weight excluding hydrogens is 208 g/mol. The molecule has 86 valence electrons. The van der Waals surface area contributed by atoms with Crippen LogP contribution < -0.4 is 5.32 Å². The first-order chi connectivity index (χ1) is 7.26. The largest absolute Gasteiger partial charge is 0.392 e. The number of hydrogen-bond acceptors (Lipinski definition) is 4. The Morgan fingerprint density at radius 3 is 2.93 bits per heavy atom. The quantitative estimate of drug-likeness (QED) is 0.750. The Morgan fingerprint density at radius 2 is 2.33 bits per heavy atom. The van der Waals surface area contributed by atoms with Gasteiger partial charge in [-0.2, -0.15) is 0 Å². The van der Waals surface area contributed by atoms with E-state index in [2.05, 4.69) is 24.1 Å². The van der Waals surface area contributed by atoms with E-state index < -0.39 is 0 Å². The van der Waals surface area contributed by atoms with Gasteiger partial charge in [-0.25, -0.2) is 4.98 Å². The number of aliphatic hydroxyl groups excluding tert-OH is 1. The molecule has 0 amide bonds. The standard InChI is InChI=1S/C11H20N2OS/c1-3-5-9(14)6-12-7-10-8-13-11(4-2)15-10/h8-9,12,14H,3-7H2,1-2H3. The summed E-state index contributed by atoms with van der Waals surface area (Å²) >= 11 is 1.74. The zero-order chi connectivity index (χ0) is 11.1. The minimum atomic E-state index is -0.214. The van der Waals surface area contributed by atoms with Gasteiger partial charge in [-0.05, 0) is 12.8 Å². The predicted molar refractivity (Wildman–Crippen MR) is 64.1 cm³/mol. The van der Waals surface area contributed by atoms with E-state index >= 15 is 0 Å². The highest BCUT2D eigenvalue weighted by molar-refractivity contribution is 7.11. The van der Waals surface area contributed by atoms with E-state index in [1.807, 2.05) is 6.20 Å². The van der Waals surface area contributed by atoms with Crippen LogP contribution in [0.4, 0.5) is 0 Å². The molecule has 0 aliphatic rings. The van der Waals surface area contributed by atoms with Gasteiger partial charge in [0.25, 0.3) is 0 Å². The molecule has 1 rings (SSSR count). The van der Waals surface area contributed by atoms with Gasteiger partial charge in [-0.3, -0.25) is 0 Å². The van der Waals surface area contributed by atoms with Crippen molar-refractivity contribution < 1.29 is 5.11 Å². The number of aliphatic hydroxyl groups is 1. The van der Waals surface area contributed by atoms with E-state index in [0.717, 1.165) is 25.8 Å². The highest BCUT2D eigenvalue weighted by Crippen LogP contribution is 2.12. The van der Waals surface area contributed by atoms with Gasteiger partial charge in [0, 0.05) is 24.2 Å². The summed E-state index contributed by atoms with van der Waals surface area (Å²) in [5.74, 6) is 0. The molecule has 1 heterocycles. The summed E-state index contributed by atoms with van der Waals surface area (Å²) < 4.78 is 0. The van der Waals surface area contributed by atoms with Crippen LogP contribution in [0, 0.1) is 0 Å². The van der Waals surface area contributed by atoms with E-state index in [4.69, 9.17) is 0 Å². The summed E-state index contributed by atoms with van der Waals surface area (Å²) in [5, 5.41) is 13.9. The molecule has 3 nitrogen and oxygen atoms in total. The molecule has 4 heteroatoms. The third-order valence-corrected chi connectivity index (χ3v) is 3.35. The van der Waals surface area contributed by atoms with Gasteiger partial charge in [0.15, 0.2) is 0 Å². The van der Waals surface area contributed by atoms with Gasteiger partial charge in [0.2, 0.25) is 0 Å². The van der Waals surface area contributed by atoms with Gasteiger partial charge in [0.1, 0.15) is 0 Å². The van der Waals surface area contributed by atoms with E-state index in [-0.39, 0.29) is 6.10 Å². The molecule has 0 spiro atoms. The van der Waals surface area contributed by atoms with Crippen molar-refractivity contribution in [2.24, 2.45) is 0 Å². The van der Waals surface area contributed by atoms with E-state index in [1.165, 1.54) is 9.88 Å². The molecule has 0 aromatic carbocycles. The molecule has 0 fully saturated rings. The van der Waals surface area contributed by atoms with Crippen LogP contribution in [0.25, 0.3) is 0 Å². The molecule has 0 saturated carbocycles. The molecule has 0 aliphatic heterocycles. The number of aryl methyl sites for hydroxylation is 1. The van der Waals surface area contributed by atoms with Gasteiger partial charge in [0.05, 0.1) is 11.1 Å². The fourth-order valence-corrected chi connectivity index (χ4v) is 2.22. The van der Waals surface area contributed by atoms with Crippen LogP contribution in [0.1, 0.15) is 36.6 Å². The number of aromatic nitrogens is 1. The summed E-state index contributed by atoms with van der Waals surface area (Å²) in [6.45, 7) is 5.69. The van der Waals surface area contributed by atoms with Gasteiger partial charge in [-0.1, -0.05) is 20.3 Å². The first kappa shape index (κ1) is 12.6. The van der Waals surface area contributed by atoms with Crippen molar-refractivity contribution in [3.05, 3.63) is 16.1 Å². The Labute approximate surface area is 95.6 Å². The highest BCUT2D eigenvalue weighted by atomic mass is 32.1. The maximum atomic E-state index is 9.50. The molecule has 0 aliphatic carbocycles. The molecule has 2 N–H and O–H groups in total. The molecule has 0 bridgehead atoms. The van der Waals surface area contributed by atoms with Crippen molar-refractivity contribution in [1.82, 2.24) is 10.3 Å². The van der Waals surface area contributed by atoms with Crippen molar-refractivity contribution in [2.45, 2.75) is 45.8 Å². The molecule has 1 unspecified atom stereocenters. The average Bonchev–Trinajstić information content (AvgIpc) is 2.66. The van der Waals surface area contributed by atoms with Crippen LogP contribution in [0.5, 0.6) is 0 Å². The van der Waals surface area contributed by atoms with Gasteiger partial charge >= 0.3 is 0 Å². The highest BCUT2D eigenvalue weighted by Gasteiger charge is 2.03. The monoisotopic (exact) mass is 228 g/mol. The molecule has 0 saturated heterocycles. The Bertz CT molecular complexity index is 275.